The Morgan fingerprint density at radius 2 is 2.18 bits per heavy atom. The van der Waals surface area contributed by atoms with Crippen molar-refractivity contribution in [3.8, 4) is 0 Å². The highest BCUT2D eigenvalue weighted by molar-refractivity contribution is 5.76. The average Bonchev–Trinajstić information content (AvgIpc) is 1.85. The molecular formula is C7H13N2O2. The Morgan fingerprint density at radius 3 is 2.64 bits per heavy atom. The topological polar surface area (TPSA) is 76.2 Å². The van der Waals surface area contributed by atoms with Crippen LogP contribution in [0.1, 0.15) is 19.3 Å². The van der Waals surface area contributed by atoms with E-state index in [4.69, 9.17) is 11.1 Å². The lowest BCUT2D eigenvalue weighted by Gasteiger charge is -2.00. The first kappa shape index (κ1) is 9.94. The lowest BCUT2D eigenvalue weighted by molar-refractivity contribution is -0.138. The number of carbonyl (C=O) groups excluding carboxylic acids is 1. The molecule has 0 spiro atoms. The van der Waals surface area contributed by atoms with Gasteiger partial charge in [-0.1, -0.05) is 0 Å². The average molecular weight is 157 g/mol. The van der Waals surface area contributed by atoms with Crippen molar-refractivity contribution >= 4 is 11.8 Å². The molecule has 0 bridgehead atoms. The van der Waals surface area contributed by atoms with Crippen LogP contribution in [0, 0.1) is 12.3 Å². The molecule has 0 aromatic rings. The van der Waals surface area contributed by atoms with Crippen LogP contribution in [0.4, 0.5) is 0 Å². The van der Waals surface area contributed by atoms with Crippen molar-refractivity contribution in [2.24, 2.45) is 5.73 Å². The molecule has 63 valence electrons. The molecule has 0 aliphatic carbocycles. The molecule has 0 aliphatic rings. The number of nitrogens with one attached hydrogen (secondary N) is 1. The highest BCUT2D eigenvalue weighted by Gasteiger charge is 1.93. The molecule has 3 N–H and O–H groups in total. The minimum atomic E-state index is -0.507. The van der Waals surface area contributed by atoms with Crippen molar-refractivity contribution < 1.29 is 9.53 Å². The number of unbranched alkanes of at least 4 members (excludes halogenated alkanes) is 1. The first-order chi connectivity index (χ1) is 5.13. The summed E-state index contributed by atoms with van der Waals surface area (Å²) in [6.45, 7) is 3.41. The summed E-state index contributed by atoms with van der Waals surface area (Å²) in [5.74, 6) is -0.334. The van der Waals surface area contributed by atoms with Crippen LogP contribution in [-0.4, -0.2) is 18.4 Å². The number of hydrogen-bond donors (Lipinski definition) is 2. The van der Waals surface area contributed by atoms with Crippen molar-refractivity contribution in [1.82, 2.24) is 0 Å². The van der Waals surface area contributed by atoms with E-state index in [-0.39, 0.29) is 5.84 Å². The van der Waals surface area contributed by atoms with Crippen molar-refractivity contribution in [3.05, 3.63) is 6.92 Å². The number of hydrogen-bond acceptors (Lipinski definition) is 3. The van der Waals surface area contributed by atoms with E-state index in [2.05, 4.69) is 11.7 Å². The highest BCUT2D eigenvalue weighted by Crippen LogP contribution is 1.94. The fourth-order valence-corrected chi connectivity index (χ4v) is 0.604. The van der Waals surface area contributed by atoms with Crippen LogP contribution >= 0.6 is 0 Å². The zero-order chi connectivity index (χ0) is 8.69. The third kappa shape index (κ3) is 8.94. The molecule has 0 saturated carbocycles. The molecule has 0 heterocycles. The summed E-state index contributed by atoms with van der Waals surface area (Å²) < 4.78 is 4.56. The van der Waals surface area contributed by atoms with Crippen LogP contribution in [0.25, 0.3) is 0 Å². The normalized spacial score (nSPS) is 9.18. The van der Waals surface area contributed by atoms with Crippen molar-refractivity contribution in [2.75, 3.05) is 6.61 Å². The summed E-state index contributed by atoms with van der Waals surface area (Å²) in [6.07, 6.45) is 2.08. The molecule has 0 aliphatic heterocycles. The van der Waals surface area contributed by atoms with Crippen molar-refractivity contribution in [2.45, 2.75) is 19.3 Å². The van der Waals surface area contributed by atoms with Gasteiger partial charge in [0.1, 0.15) is 0 Å². The van der Waals surface area contributed by atoms with E-state index in [0.717, 1.165) is 12.8 Å². The Kier molecular flexibility index (Phi) is 5.15. The molecular weight excluding hydrogens is 144 g/mol. The van der Waals surface area contributed by atoms with Gasteiger partial charge >= 0.3 is 5.97 Å². The molecule has 0 saturated heterocycles. The molecule has 0 aromatic heterocycles. The molecule has 0 aromatic carbocycles. The van der Waals surface area contributed by atoms with E-state index in [0.29, 0.717) is 13.0 Å². The van der Waals surface area contributed by atoms with Gasteiger partial charge in [-0.2, -0.15) is 0 Å². The van der Waals surface area contributed by atoms with Crippen molar-refractivity contribution in [3.63, 3.8) is 0 Å². The molecule has 0 atom stereocenters. The van der Waals surface area contributed by atoms with E-state index in [1.54, 1.807) is 0 Å². The molecule has 0 unspecified atom stereocenters. The largest absolute Gasteiger partial charge is 0.466 e. The summed E-state index contributed by atoms with van der Waals surface area (Å²) in [5.41, 5.74) is 5.10. The van der Waals surface area contributed by atoms with Crippen LogP contribution in [0.3, 0.4) is 0 Å². The van der Waals surface area contributed by atoms with Gasteiger partial charge < -0.3 is 10.5 Å². The Bertz CT molecular complexity index is 129. The fourth-order valence-electron chi connectivity index (χ4n) is 0.604. The zero-order valence-electron chi connectivity index (χ0n) is 6.43. The third-order valence-corrected chi connectivity index (χ3v) is 1.10. The number of nitrogens with two attached hydrogens (primary N) is 1. The Morgan fingerprint density at radius 1 is 1.55 bits per heavy atom. The van der Waals surface area contributed by atoms with E-state index >= 15 is 0 Å². The zero-order valence-corrected chi connectivity index (χ0v) is 6.43. The SMILES string of the molecule is [CH2]C(=O)OCCCCC(=N)N. The van der Waals surface area contributed by atoms with Crippen LogP contribution in [0.15, 0.2) is 0 Å². The number of amidine groups is 1. The minimum Gasteiger partial charge on any atom is -0.466 e. The summed E-state index contributed by atoms with van der Waals surface area (Å²) >= 11 is 0. The quantitative estimate of drug-likeness (QED) is 0.263. The maximum absolute atomic E-state index is 10.1. The molecule has 0 amide bonds. The van der Waals surface area contributed by atoms with Gasteiger partial charge in [0, 0.05) is 6.42 Å². The Balaban J connectivity index is 3.03. The lowest BCUT2D eigenvalue weighted by Crippen LogP contribution is -2.09. The number of rotatable bonds is 5. The predicted molar refractivity (Wildman–Crippen MR) is 42.1 cm³/mol. The first-order valence-electron chi connectivity index (χ1n) is 3.44. The van der Waals surface area contributed by atoms with E-state index < -0.39 is 5.97 Å². The van der Waals surface area contributed by atoms with Crippen molar-refractivity contribution in [1.29, 1.82) is 5.41 Å². The van der Waals surface area contributed by atoms with Gasteiger partial charge in [-0.05, 0) is 12.8 Å². The third-order valence-electron chi connectivity index (χ3n) is 1.10. The number of carbonyl (C=O) groups is 1. The number of ether oxygens (including phenoxy) is 1. The van der Waals surface area contributed by atoms with E-state index in [1.165, 1.54) is 0 Å². The van der Waals surface area contributed by atoms with Gasteiger partial charge in [0.25, 0.3) is 0 Å². The fraction of sp³-hybridized carbons (Fsp3) is 0.571. The van der Waals surface area contributed by atoms with E-state index in [1.807, 2.05) is 0 Å². The molecule has 11 heavy (non-hydrogen) atoms. The molecule has 4 nitrogen and oxygen atoms in total. The molecule has 0 rings (SSSR count). The Hall–Kier alpha value is -1.06. The van der Waals surface area contributed by atoms with Gasteiger partial charge in [0.15, 0.2) is 0 Å². The van der Waals surface area contributed by atoms with Gasteiger partial charge in [0.05, 0.1) is 19.4 Å². The second-order valence-electron chi connectivity index (χ2n) is 2.20. The lowest BCUT2D eigenvalue weighted by atomic mass is 10.2. The number of esters is 1. The summed E-state index contributed by atoms with van der Waals surface area (Å²) in [6, 6.07) is 0. The maximum atomic E-state index is 10.1. The highest BCUT2D eigenvalue weighted by atomic mass is 16.5. The van der Waals surface area contributed by atoms with Crippen LogP contribution in [-0.2, 0) is 9.53 Å². The Labute approximate surface area is 66.2 Å². The van der Waals surface area contributed by atoms with Gasteiger partial charge in [-0.3, -0.25) is 10.2 Å². The van der Waals surface area contributed by atoms with Crippen LogP contribution < -0.4 is 5.73 Å². The molecule has 4 heteroatoms. The first-order valence-corrected chi connectivity index (χ1v) is 3.44. The standard InChI is InChI=1S/C7H13N2O2/c1-6(10)11-5-3-2-4-7(8)9/h1-5H2,(H3,8,9). The minimum absolute atomic E-state index is 0.172. The second-order valence-corrected chi connectivity index (χ2v) is 2.20. The van der Waals surface area contributed by atoms with Crippen LogP contribution in [0.2, 0.25) is 0 Å². The summed E-state index contributed by atoms with van der Waals surface area (Å²) in [5, 5.41) is 6.87. The van der Waals surface area contributed by atoms with E-state index in [9.17, 15) is 4.79 Å². The predicted octanol–water partition coefficient (Wildman–Crippen LogP) is 0.470. The molecule has 0 fully saturated rings. The second kappa shape index (κ2) is 5.70. The summed E-state index contributed by atoms with van der Waals surface area (Å²) in [4.78, 5) is 10.1. The van der Waals surface area contributed by atoms with Gasteiger partial charge in [-0.15, -0.1) is 0 Å². The van der Waals surface area contributed by atoms with Gasteiger partial charge in [0.2, 0.25) is 0 Å². The smallest absolute Gasteiger partial charge is 0.306 e. The summed E-state index contributed by atoms with van der Waals surface area (Å²) in [7, 11) is 0. The monoisotopic (exact) mass is 157 g/mol. The molecule has 1 radical (unpaired) electrons. The van der Waals surface area contributed by atoms with Crippen LogP contribution in [0.5, 0.6) is 0 Å². The maximum Gasteiger partial charge on any atom is 0.306 e. The van der Waals surface area contributed by atoms with Gasteiger partial charge in [-0.25, -0.2) is 0 Å².